The number of benzene rings is 1. The first-order valence-electron chi connectivity index (χ1n) is 7.19. The second-order valence-electron chi connectivity index (χ2n) is 5.20. The molecule has 2 heterocycles. The molecular weight excluding hydrogens is 346 g/mol. The molecule has 130 valence electrons. The Labute approximate surface area is 144 Å². The molecule has 2 aromatic rings. The van der Waals surface area contributed by atoms with Crippen molar-refractivity contribution in [3.8, 4) is 5.75 Å². The van der Waals surface area contributed by atoms with E-state index in [1.165, 1.54) is 38.6 Å². The molecular formula is C16H15N3O5S. The van der Waals surface area contributed by atoms with E-state index >= 15 is 0 Å². The van der Waals surface area contributed by atoms with E-state index in [-0.39, 0.29) is 16.3 Å². The van der Waals surface area contributed by atoms with E-state index in [2.05, 4.69) is 10.3 Å². The molecule has 1 aliphatic heterocycles. The van der Waals surface area contributed by atoms with Crippen LogP contribution in [0.2, 0.25) is 0 Å². The van der Waals surface area contributed by atoms with Crippen molar-refractivity contribution in [2.24, 2.45) is 0 Å². The number of nitrogens with zero attached hydrogens (tertiary/aromatic N) is 2. The number of anilines is 1. The smallest absolute Gasteiger partial charge is 0.277 e. The van der Waals surface area contributed by atoms with E-state index < -0.39 is 27.4 Å². The lowest BCUT2D eigenvalue weighted by atomic mass is 10.1. The molecule has 1 amide bonds. The number of aliphatic hydroxyl groups excluding tert-OH is 1. The number of aromatic nitrogens is 1. The molecule has 0 atom stereocenters. The minimum atomic E-state index is -3.99. The van der Waals surface area contributed by atoms with Gasteiger partial charge in [0, 0.05) is 18.8 Å². The number of ether oxygens (including phenoxy) is 1. The fraction of sp³-hybridized carbons (Fsp3) is 0.125. The topological polar surface area (TPSA) is 109 Å². The van der Waals surface area contributed by atoms with Crippen molar-refractivity contribution in [2.45, 2.75) is 4.90 Å². The molecule has 1 aliphatic rings. The van der Waals surface area contributed by atoms with Gasteiger partial charge in [0.15, 0.2) is 11.5 Å². The molecule has 8 nitrogen and oxygen atoms in total. The third-order valence-corrected chi connectivity index (χ3v) is 5.56. The highest BCUT2D eigenvalue weighted by atomic mass is 32.2. The summed E-state index contributed by atoms with van der Waals surface area (Å²) in [5, 5.41) is 13.0. The summed E-state index contributed by atoms with van der Waals surface area (Å²) in [6.07, 6.45) is 1.48. The monoisotopic (exact) mass is 361 g/mol. The van der Waals surface area contributed by atoms with Crippen LogP contribution in [0.25, 0.3) is 5.76 Å². The molecule has 25 heavy (non-hydrogen) atoms. The molecule has 9 heteroatoms. The van der Waals surface area contributed by atoms with Crippen molar-refractivity contribution in [2.75, 3.05) is 19.5 Å². The molecule has 3 rings (SSSR count). The average molecular weight is 361 g/mol. The van der Waals surface area contributed by atoms with Gasteiger partial charge in [-0.25, -0.2) is 13.4 Å². The van der Waals surface area contributed by atoms with E-state index in [0.29, 0.717) is 5.75 Å². The van der Waals surface area contributed by atoms with Crippen LogP contribution in [-0.2, 0) is 14.8 Å². The van der Waals surface area contributed by atoms with Crippen LogP contribution in [0, 0.1) is 0 Å². The lowest BCUT2D eigenvalue weighted by Gasteiger charge is -2.28. The number of nitrogens with one attached hydrogen (secondary N) is 1. The summed E-state index contributed by atoms with van der Waals surface area (Å²) >= 11 is 0. The number of likely N-dealkylation sites (N-methyl/N-ethyl adjacent to an activating group) is 1. The minimum absolute atomic E-state index is 0.00335. The molecule has 0 saturated heterocycles. The number of hydrogen-bond acceptors (Lipinski definition) is 6. The molecule has 0 bridgehead atoms. The van der Waals surface area contributed by atoms with Crippen LogP contribution in [0.4, 0.5) is 5.82 Å². The molecule has 0 saturated carbocycles. The maximum atomic E-state index is 12.7. The zero-order valence-electron chi connectivity index (χ0n) is 13.4. The summed E-state index contributed by atoms with van der Waals surface area (Å²) in [5.74, 6) is -0.667. The Bertz CT molecular complexity index is 971. The van der Waals surface area contributed by atoms with Gasteiger partial charge in [-0.1, -0.05) is 6.07 Å². The van der Waals surface area contributed by atoms with Gasteiger partial charge in [-0.3, -0.25) is 9.10 Å². The molecule has 1 aromatic carbocycles. The number of fused-ring (bicyclic) bond motifs is 1. The van der Waals surface area contributed by atoms with Crippen LogP contribution in [0.15, 0.2) is 53.2 Å². The van der Waals surface area contributed by atoms with Crippen molar-refractivity contribution in [1.29, 1.82) is 0 Å². The zero-order chi connectivity index (χ0) is 18.2. The summed E-state index contributed by atoms with van der Waals surface area (Å²) in [7, 11) is -1.37. The Balaban J connectivity index is 2.12. The lowest BCUT2D eigenvalue weighted by Crippen LogP contribution is -2.37. The van der Waals surface area contributed by atoms with Crippen molar-refractivity contribution < 1.29 is 23.1 Å². The summed E-state index contributed by atoms with van der Waals surface area (Å²) in [5.41, 5.74) is -0.393. The maximum Gasteiger partial charge on any atom is 0.277 e. The van der Waals surface area contributed by atoms with E-state index in [4.69, 9.17) is 4.74 Å². The van der Waals surface area contributed by atoms with Gasteiger partial charge in [0.2, 0.25) is 0 Å². The first-order chi connectivity index (χ1) is 11.9. The molecule has 0 radical (unpaired) electrons. The van der Waals surface area contributed by atoms with Gasteiger partial charge in [-0.05, 0) is 30.3 Å². The van der Waals surface area contributed by atoms with Crippen LogP contribution >= 0.6 is 0 Å². The predicted molar refractivity (Wildman–Crippen MR) is 90.4 cm³/mol. The van der Waals surface area contributed by atoms with Crippen LogP contribution in [0.1, 0.15) is 5.56 Å². The number of rotatable bonds is 3. The number of carbonyl (C=O) groups is 1. The molecule has 0 unspecified atom stereocenters. The lowest BCUT2D eigenvalue weighted by molar-refractivity contribution is -0.113. The Morgan fingerprint density at radius 1 is 1.28 bits per heavy atom. The number of sulfonamides is 1. The van der Waals surface area contributed by atoms with Gasteiger partial charge in [-0.15, -0.1) is 0 Å². The van der Waals surface area contributed by atoms with Gasteiger partial charge in [-0.2, -0.15) is 0 Å². The normalized spacial score (nSPS) is 15.5. The first kappa shape index (κ1) is 16.8. The van der Waals surface area contributed by atoms with Crippen molar-refractivity contribution in [3.63, 3.8) is 0 Å². The summed E-state index contributed by atoms with van der Waals surface area (Å²) in [6.45, 7) is 0. The SMILES string of the molecule is COc1ccc2c(c1)C(O)=C(C(=O)Nc1ccccn1)N(C)S2(=O)=O. The number of amides is 1. The zero-order valence-corrected chi connectivity index (χ0v) is 14.2. The quantitative estimate of drug-likeness (QED) is 0.859. The highest BCUT2D eigenvalue weighted by Crippen LogP contribution is 2.36. The van der Waals surface area contributed by atoms with Crippen LogP contribution in [-0.4, -0.2) is 42.9 Å². The van der Waals surface area contributed by atoms with Gasteiger partial charge in [0.1, 0.15) is 11.6 Å². The van der Waals surface area contributed by atoms with Gasteiger partial charge >= 0.3 is 0 Å². The second-order valence-corrected chi connectivity index (χ2v) is 7.14. The van der Waals surface area contributed by atoms with Gasteiger partial charge < -0.3 is 15.2 Å². The fourth-order valence-electron chi connectivity index (χ4n) is 2.45. The van der Waals surface area contributed by atoms with E-state index in [1.807, 2.05) is 0 Å². The fourth-order valence-corrected chi connectivity index (χ4v) is 3.83. The minimum Gasteiger partial charge on any atom is -0.505 e. The number of aliphatic hydroxyl groups is 1. The van der Waals surface area contributed by atoms with Gasteiger partial charge in [0.25, 0.3) is 15.9 Å². The summed E-state index contributed by atoms with van der Waals surface area (Å²) in [6, 6.07) is 9.04. The summed E-state index contributed by atoms with van der Waals surface area (Å²) in [4.78, 5) is 16.4. The maximum absolute atomic E-state index is 12.7. The standard InChI is InChI=1S/C16H15N3O5S/c1-19-14(16(21)18-13-5-3-4-8-17-13)15(20)11-9-10(24-2)6-7-12(11)25(19,22)23/h3-9,20H,1-2H3,(H,17,18,21). The summed E-state index contributed by atoms with van der Waals surface area (Å²) < 4.78 is 31.1. The van der Waals surface area contributed by atoms with Gasteiger partial charge in [0.05, 0.1) is 12.0 Å². The van der Waals surface area contributed by atoms with E-state index in [0.717, 1.165) is 4.31 Å². The van der Waals surface area contributed by atoms with Crippen molar-refractivity contribution >= 4 is 27.5 Å². The van der Waals surface area contributed by atoms with E-state index in [1.54, 1.807) is 18.2 Å². The number of methoxy groups -OCH3 is 1. The Morgan fingerprint density at radius 3 is 2.68 bits per heavy atom. The molecule has 2 N–H and O–H groups in total. The number of pyridine rings is 1. The highest BCUT2D eigenvalue weighted by molar-refractivity contribution is 7.89. The first-order valence-corrected chi connectivity index (χ1v) is 8.63. The third kappa shape index (κ3) is 2.78. The Hall–Kier alpha value is -3.07. The molecule has 0 fully saturated rings. The van der Waals surface area contributed by atoms with Crippen molar-refractivity contribution in [1.82, 2.24) is 9.29 Å². The van der Waals surface area contributed by atoms with Crippen LogP contribution < -0.4 is 10.1 Å². The second kappa shape index (κ2) is 6.10. The Morgan fingerprint density at radius 2 is 2.04 bits per heavy atom. The molecule has 0 spiro atoms. The third-order valence-electron chi connectivity index (χ3n) is 3.74. The highest BCUT2D eigenvalue weighted by Gasteiger charge is 2.38. The van der Waals surface area contributed by atoms with Crippen LogP contribution in [0.5, 0.6) is 5.75 Å². The molecule has 0 aliphatic carbocycles. The van der Waals surface area contributed by atoms with Crippen LogP contribution in [0.3, 0.4) is 0 Å². The largest absolute Gasteiger partial charge is 0.505 e. The van der Waals surface area contributed by atoms with E-state index in [9.17, 15) is 18.3 Å². The Kier molecular flexibility index (Phi) is 4.09. The predicted octanol–water partition coefficient (Wildman–Crippen LogP) is 1.59. The number of carbonyl (C=O) groups excluding carboxylic acids is 1. The van der Waals surface area contributed by atoms with Crippen molar-refractivity contribution in [3.05, 3.63) is 53.9 Å². The number of hydrogen-bond donors (Lipinski definition) is 2. The molecule has 1 aromatic heterocycles. The average Bonchev–Trinajstić information content (AvgIpc) is 2.61.